The summed E-state index contributed by atoms with van der Waals surface area (Å²) in [6.07, 6.45) is -4.26. The molecule has 1 aliphatic rings. The molecule has 0 spiro atoms. The summed E-state index contributed by atoms with van der Waals surface area (Å²) < 4.78 is 65.0. The zero-order chi connectivity index (χ0) is 18.5. The minimum atomic E-state index is -4.26. The average molecular weight is 348 g/mol. The molecule has 0 saturated heterocycles. The highest BCUT2D eigenvalue weighted by molar-refractivity contribution is 5.79. The lowest BCUT2D eigenvalue weighted by atomic mass is 10.0. The summed E-state index contributed by atoms with van der Waals surface area (Å²) in [4.78, 5) is 12.1. The number of ether oxygens (including phenoxy) is 2. The van der Waals surface area contributed by atoms with E-state index in [9.17, 15) is 22.4 Å². The monoisotopic (exact) mass is 348 g/mol. The molecule has 0 unspecified atom stereocenters. The summed E-state index contributed by atoms with van der Waals surface area (Å²) in [5.41, 5.74) is -2.53. The van der Waals surface area contributed by atoms with Gasteiger partial charge in [-0.25, -0.2) is 8.78 Å². The van der Waals surface area contributed by atoms with Gasteiger partial charge >= 0.3 is 12.1 Å². The van der Waals surface area contributed by atoms with Crippen molar-refractivity contribution in [3.63, 3.8) is 0 Å². The van der Waals surface area contributed by atoms with Gasteiger partial charge < -0.3 is 9.47 Å². The summed E-state index contributed by atoms with van der Waals surface area (Å²) in [5.74, 6) is -5.07. The Balaban J connectivity index is 2.25. The first kappa shape index (κ1) is 18.7. The van der Waals surface area contributed by atoms with Crippen molar-refractivity contribution in [2.45, 2.75) is 40.4 Å². The van der Waals surface area contributed by atoms with E-state index in [0.717, 1.165) is 6.07 Å². The van der Waals surface area contributed by atoms with Crippen LogP contribution in [-0.4, -0.2) is 13.1 Å². The molecule has 2 rings (SSSR count). The Morgan fingerprint density at radius 3 is 2.12 bits per heavy atom. The second-order valence-electron chi connectivity index (χ2n) is 7.15. The third-order valence-corrected chi connectivity index (χ3v) is 5.26. The molecule has 1 aromatic carbocycles. The van der Waals surface area contributed by atoms with Crippen LogP contribution in [0.5, 0.6) is 0 Å². The Labute approximate surface area is 137 Å². The number of carbonyl (C=O) groups excluding carboxylic acids is 1. The Bertz CT molecular complexity index is 654. The van der Waals surface area contributed by atoms with Crippen molar-refractivity contribution in [3.8, 4) is 0 Å². The van der Waals surface area contributed by atoms with Gasteiger partial charge in [0, 0.05) is 12.7 Å². The van der Waals surface area contributed by atoms with Gasteiger partial charge in [0.15, 0.2) is 11.6 Å². The summed E-state index contributed by atoms with van der Waals surface area (Å²) in [7, 11) is 1.26. The van der Waals surface area contributed by atoms with Crippen LogP contribution in [0.1, 0.15) is 38.8 Å². The highest BCUT2D eigenvalue weighted by Crippen LogP contribution is 2.69. The predicted molar refractivity (Wildman–Crippen MR) is 78.1 cm³/mol. The van der Waals surface area contributed by atoms with E-state index in [2.05, 4.69) is 9.47 Å². The van der Waals surface area contributed by atoms with Gasteiger partial charge in [-0.2, -0.15) is 8.78 Å². The van der Waals surface area contributed by atoms with Crippen LogP contribution in [0, 0.1) is 28.4 Å². The Morgan fingerprint density at radius 1 is 1.12 bits per heavy atom. The van der Waals surface area contributed by atoms with Crippen LogP contribution in [0.25, 0.3) is 0 Å². The molecule has 0 atom stereocenters. The molecule has 0 amide bonds. The fraction of sp³-hybridized carbons (Fsp3) is 0.588. The van der Waals surface area contributed by atoms with Crippen molar-refractivity contribution in [2.75, 3.05) is 7.11 Å². The zero-order valence-electron chi connectivity index (χ0n) is 14.2. The molecule has 7 heteroatoms. The smallest absolute Gasteiger partial charge is 0.397 e. The lowest BCUT2D eigenvalue weighted by Crippen LogP contribution is -2.27. The van der Waals surface area contributed by atoms with E-state index in [-0.39, 0.29) is 12.2 Å². The molecule has 1 aliphatic carbocycles. The van der Waals surface area contributed by atoms with Crippen molar-refractivity contribution < 1.29 is 31.8 Å². The summed E-state index contributed by atoms with van der Waals surface area (Å²) in [6.45, 7) is 6.78. The van der Waals surface area contributed by atoms with E-state index < -0.39 is 46.0 Å². The van der Waals surface area contributed by atoms with E-state index in [0.29, 0.717) is 6.07 Å². The molecule has 0 radical (unpaired) electrons. The third-order valence-electron chi connectivity index (χ3n) is 5.26. The Hall–Kier alpha value is -1.63. The first-order chi connectivity index (χ1) is 10.9. The number of benzene rings is 1. The molecular formula is C17H20F4O3. The number of esters is 1. The number of methoxy groups -OCH3 is 1. The number of hydrogen-bond donors (Lipinski definition) is 0. The lowest BCUT2D eigenvalue weighted by molar-refractivity contribution is -0.243. The van der Waals surface area contributed by atoms with Crippen molar-refractivity contribution in [2.24, 2.45) is 16.7 Å². The molecule has 3 nitrogen and oxygen atoms in total. The van der Waals surface area contributed by atoms with Crippen molar-refractivity contribution in [1.29, 1.82) is 0 Å². The normalized spacial score (nSPS) is 19.2. The molecule has 1 fully saturated rings. The molecular weight excluding hydrogens is 328 g/mol. The number of rotatable bonds is 5. The maximum Gasteiger partial charge on any atom is 0.431 e. The van der Waals surface area contributed by atoms with Crippen LogP contribution in [0.2, 0.25) is 0 Å². The summed E-state index contributed by atoms with van der Waals surface area (Å²) in [6, 6.07) is 1.67. The lowest BCUT2D eigenvalue weighted by Gasteiger charge is -2.19. The van der Waals surface area contributed by atoms with Gasteiger partial charge in [-0.15, -0.1) is 0 Å². The van der Waals surface area contributed by atoms with Crippen LogP contribution >= 0.6 is 0 Å². The highest BCUT2D eigenvalue weighted by Gasteiger charge is 2.70. The van der Waals surface area contributed by atoms with Crippen LogP contribution < -0.4 is 0 Å². The number of hydrogen-bond acceptors (Lipinski definition) is 3. The molecule has 1 saturated carbocycles. The Morgan fingerprint density at radius 2 is 1.67 bits per heavy atom. The van der Waals surface area contributed by atoms with E-state index in [1.54, 1.807) is 27.7 Å². The second-order valence-corrected chi connectivity index (χ2v) is 7.15. The summed E-state index contributed by atoms with van der Waals surface area (Å²) >= 11 is 0. The standard InChI is InChI=1S/C17H20F4O3/c1-15(2)13(16(15,3)4)14(22)24-17(20,21)10-7-6-9(8-23-5)11(18)12(10)19/h6-7,13H,8H2,1-5H3. The van der Waals surface area contributed by atoms with Gasteiger partial charge in [0.25, 0.3) is 0 Å². The van der Waals surface area contributed by atoms with Gasteiger partial charge in [0.05, 0.1) is 12.5 Å². The fourth-order valence-corrected chi connectivity index (χ4v) is 3.11. The van der Waals surface area contributed by atoms with Crippen LogP contribution in [-0.2, 0) is 27.0 Å². The van der Waals surface area contributed by atoms with Gasteiger partial charge in [-0.05, 0) is 16.9 Å². The Kier molecular flexibility index (Phi) is 4.46. The van der Waals surface area contributed by atoms with Crippen molar-refractivity contribution >= 4 is 5.97 Å². The minimum absolute atomic E-state index is 0.203. The highest BCUT2D eigenvalue weighted by atomic mass is 19.3. The molecule has 0 N–H and O–H groups in total. The average Bonchev–Trinajstić information content (AvgIpc) is 2.84. The van der Waals surface area contributed by atoms with Crippen LogP contribution in [0.15, 0.2) is 12.1 Å². The van der Waals surface area contributed by atoms with Gasteiger partial charge in [-0.3, -0.25) is 4.79 Å². The molecule has 134 valence electrons. The number of halogens is 4. The maximum absolute atomic E-state index is 14.2. The van der Waals surface area contributed by atoms with Crippen LogP contribution in [0.4, 0.5) is 17.6 Å². The first-order valence-electron chi connectivity index (χ1n) is 7.45. The number of alkyl halides is 2. The first-order valence-corrected chi connectivity index (χ1v) is 7.45. The van der Waals surface area contributed by atoms with Crippen molar-refractivity contribution in [3.05, 3.63) is 34.9 Å². The predicted octanol–water partition coefficient (Wildman–Crippen LogP) is 4.39. The van der Waals surface area contributed by atoms with Gasteiger partial charge in [0.1, 0.15) is 5.56 Å². The minimum Gasteiger partial charge on any atom is -0.397 e. The fourth-order valence-electron chi connectivity index (χ4n) is 3.11. The van der Waals surface area contributed by atoms with E-state index >= 15 is 0 Å². The topological polar surface area (TPSA) is 35.5 Å². The molecule has 24 heavy (non-hydrogen) atoms. The van der Waals surface area contributed by atoms with E-state index in [1.807, 2.05) is 0 Å². The molecule has 0 bridgehead atoms. The summed E-state index contributed by atoms with van der Waals surface area (Å²) in [5, 5.41) is 0. The van der Waals surface area contributed by atoms with Gasteiger partial charge in [-0.1, -0.05) is 33.8 Å². The largest absolute Gasteiger partial charge is 0.431 e. The zero-order valence-corrected chi connectivity index (χ0v) is 14.2. The SMILES string of the molecule is COCc1ccc(C(F)(F)OC(=O)C2C(C)(C)C2(C)C)c(F)c1F. The molecule has 1 aromatic rings. The number of carbonyl (C=O) groups is 1. The molecule has 0 heterocycles. The molecule has 0 aromatic heterocycles. The van der Waals surface area contributed by atoms with Crippen molar-refractivity contribution in [1.82, 2.24) is 0 Å². The van der Waals surface area contributed by atoms with E-state index in [4.69, 9.17) is 0 Å². The maximum atomic E-state index is 14.2. The van der Waals surface area contributed by atoms with E-state index in [1.165, 1.54) is 7.11 Å². The third kappa shape index (κ3) is 2.79. The van der Waals surface area contributed by atoms with Gasteiger partial charge in [0.2, 0.25) is 0 Å². The molecule has 0 aliphatic heterocycles. The quantitative estimate of drug-likeness (QED) is 0.585. The van der Waals surface area contributed by atoms with Crippen LogP contribution in [0.3, 0.4) is 0 Å². The second kappa shape index (κ2) is 5.72.